The van der Waals surface area contributed by atoms with E-state index < -0.39 is 0 Å². The zero-order valence-corrected chi connectivity index (χ0v) is 9.70. The van der Waals surface area contributed by atoms with E-state index in [-0.39, 0.29) is 6.10 Å². The van der Waals surface area contributed by atoms with Crippen molar-refractivity contribution < 1.29 is 9.47 Å². The van der Waals surface area contributed by atoms with E-state index in [4.69, 9.17) is 27.4 Å². The van der Waals surface area contributed by atoms with E-state index in [1.54, 1.807) is 6.20 Å². The fraction of sp³-hybridized carbons (Fsp3) is 0.455. The number of hydrogen-bond acceptors (Lipinski definition) is 4. The lowest BCUT2D eigenvalue weighted by molar-refractivity contribution is 0.0316. The summed E-state index contributed by atoms with van der Waals surface area (Å²) < 4.78 is 10.9. The molecule has 1 saturated heterocycles. The Hall–Kier alpha value is -1.04. The van der Waals surface area contributed by atoms with E-state index in [1.165, 1.54) is 0 Å². The van der Waals surface area contributed by atoms with E-state index >= 15 is 0 Å². The Labute approximate surface area is 99.8 Å². The fourth-order valence-electron chi connectivity index (χ4n) is 1.63. The maximum atomic E-state index is 5.70. The van der Waals surface area contributed by atoms with Crippen molar-refractivity contribution in [3.8, 4) is 0 Å². The van der Waals surface area contributed by atoms with Gasteiger partial charge in [0.25, 0.3) is 0 Å². The molecule has 0 amide bonds. The summed E-state index contributed by atoms with van der Waals surface area (Å²) in [5, 5.41) is 0. The zero-order chi connectivity index (χ0) is 11.4. The largest absolute Gasteiger partial charge is 0.388 e. The molecule has 1 aliphatic rings. The zero-order valence-electron chi connectivity index (χ0n) is 8.89. The molecule has 5 heteroatoms. The number of aromatic nitrogens is 1. The van der Waals surface area contributed by atoms with Crippen LogP contribution in [0.5, 0.6) is 0 Å². The lowest BCUT2D eigenvalue weighted by atomic mass is 10.2. The van der Waals surface area contributed by atoms with Gasteiger partial charge in [-0.3, -0.25) is 4.98 Å². The maximum absolute atomic E-state index is 5.70. The molecule has 0 spiro atoms. The monoisotopic (exact) mass is 238 g/mol. The maximum Gasteiger partial charge on any atom is 0.123 e. The molecule has 1 aliphatic heterocycles. The molecule has 86 valence electrons. The molecule has 0 bridgehead atoms. The van der Waals surface area contributed by atoms with E-state index in [9.17, 15) is 0 Å². The van der Waals surface area contributed by atoms with Crippen LogP contribution in [-0.2, 0) is 16.1 Å². The molecule has 16 heavy (non-hydrogen) atoms. The van der Waals surface area contributed by atoms with Crippen LogP contribution in [0.15, 0.2) is 18.3 Å². The fourth-order valence-corrected chi connectivity index (χ4v) is 1.81. The van der Waals surface area contributed by atoms with Crippen LogP contribution < -0.4 is 5.73 Å². The summed E-state index contributed by atoms with van der Waals surface area (Å²) in [6.07, 6.45) is 2.80. The number of ether oxygens (including phenoxy) is 2. The summed E-state index contributed by atoms with van der Waals surface area (Å²) in [5.74, 6) is 0. The van der Waals surface area contributed by atoms with Crippen molar-refractivity contribution >= 4 is 17.2 Å². The summed E-state index contributed by atoms with van der Waals surface area (Å²) in [6, 6.07) is 3.78. The highest BCUT2D eigenvalue weighted by molar-refractivity contribution is 7.80. The van der Waals surface area contributed by atoms with Gasteiger partial charge in [-0.05, 0) is 12.5 Å². The molecule has 0 saturated carbocycles. The molecule has 0 aromatic carbocycles. The molecule has 1 fully saturated rings. The number of rotatable bonds is 4. The predicted octanol–water partition coefficient (Wildman–Crippen LogP) is 1.02. The van der Waals surface area contributed by atoms with Crippen LogP contribution in [0.3, 0.4) is 0 Å². The molecule has 2 N–H and O–H groups in total. The number of pyridine rings is 1. The summed E-state index contributed by atoms with van der Waals surface area (Å²) in [6.45, 7) is 1.93. The van der Waals surface area contributed by atoms with Crippen LogP contribution >= 0.6 is 12.2 Å². The second-order valence-electron chi connectivity index (χ2n) is 3.67. The van der Waals surface area contributed by atoms with Gasteiger partial charge in [0.15, 0.2) is 0 Å². The summed E-state index contributed by atoms with van der Waals surface area (Å²) in [4.78, 5) is 4.45. The number of nitrogens with two attached hydrogens (primary N) is 1. The molecule has 1 unspecified atom stereocenters. The molecular formula is C11H14N2O2S. The van der Waals surface area contributed by atoms with Gasteiger partial charge < -0.3 is 15.2 Å². The normalized spacial score (nSPS) is 19.9. The van der Waals surface area contributed by atoms with Crippen LogP contribution in [0.4, 0.5) is 0 Å². The van der Waals surface area contributed by atoms with Crippen molar-refractivity contribution in [1.29, 1.82) is 0 Å². The Morgan fingerprint density at radius 3 is 3.25 bits per heavy atom. The summed E-state index contributed by atoms with van der Waals surface area (Å²) in [5.41, 5.74) is 7.17. The van der Waals surface area contributed by atoms with E-state index in [0.717, 1.165) is 18.6 Å². The topological polar surface area (TPSA) is 57.4 Å². The average molecular weight is 238 g/mol. The number of nitrogens with zero attached hydrogens (tertiary/aromatic N) is 1. The van der Waals surface area contributed by atoms with Gasteiger partial charge in [0, 0.05) is 18.4 Å². The molecule has 0 aliphatic carbocycles. The number of thiocarbonyl (C=S) groups is 1. The Bertz CT molecular complexity index is 378. The standard InChI is InChI=1S/C11H14N2O2S/c12-11(16)10-8(2-1-4-13-10)6-15-9-3-5-14-7-9/h1-2,4,9H,3,5-7H2,(H2,12,16). The first-order chi connectivity index (χ1) is 7.77. The molecule has 4 nitrogen and oxygen atoms in total. The van der Waals surface area contributed by atoms with Gasteiger partial charge in [0.1, 0.15) is 10.7 Å². The van der Waals surface area contributed by atoms with Gasteiger partial charge in [-0.25, -0.2) is 0 Å². The van der Waals surface area contributed by atoms with Crippen molar-refractivity contribution in [1.82, 2.24) is 4.98 Å². The summed E-state index contributed by atoms with van der Waals surface area (Å²) >= 11 is 4.93. The highest BCUT2D eigenvalue weighted by Crippen LogP contribution is 2.13. The van der Waals surface area contributed by atoms with Crippen molar-refractivity contribution in [2.75, 3.05) is 13.2 Å². The average Bonchev–Trinajstić information content (AvgIpc) is 2.79. The van der Waals surface area contributed by atoms with Gasteiger partial charge in [-0.1, -0.05) is 18.3 Å². The Kier molecular flexibility index (Phi) is 3.82. The lowest BCUT2D eigenvalue weighted by Gasteiger charge is -2.11. The van der Waals surface area contributed by atoms with Gasteiger partial charge >= 0.3 is 0 Å². The third kappa shape index (κ3) is 2.75. The third-order valence-electron chi connectivity index (χ3n) is 2.49. The Morgan fingerprint density at radius 1 is 1.69 bits per heavy atom. The molecule has 2 rings (SSSR count). The minimum atomic E-state index is 0.180. The highest BCUT2D eigenvalue weighted by Gasteiger charge is 2.16. The van der Waals surface area contributed by atoms with Crippen molar-refractivity contribution in [3.63, 3.8) is 0 Å². The smallest absolute Gasteiger partial charge is 0.123 e. The van der Waals surface area contributed by atoms with E-state index in [2.05, 4.69) is 4.98 Å². The Morgan fingerprint density at radius 2 is 2.56 bits per heavy atom. The molecule has 1 aromatic heterocycles. The van der Waals surface area contributed by atoms with Crippen molar-refractivity contribution in [3.05, 3.63) is 29.6 Å². The SMILES string of the molecule is NC(=S)c1ncccc1COC1CCOC1. The van der Waals surface area contributed by atoms with Crippen LogP contribution in [-0.4, -0.2) is 29.3 Å². The first-order valence-electron chi connectivity index (χ1n) is 5.20. The van der Waals surface area contributed by atoms with Gasteiger partial charge in [0.05, 0.1) is 19.3 Å². The predicted molar refractivity (Wildman–Crippen MR) is 64.1 cm³/mol. The summed E-state index contributed by atoms with van der Waals surface area (Å²) in [7, 11) is 0. The van der Waals surface area contributed by atoms with Crippen LogP contribution in [0, 0.1) is 0 Å². The Balaban J connectivity index is 2.00. The molecule has 0 radical (unpaired) electrons. The van der Waals surface area contributed by atoms with Crippen LogP contribution in [0.1, 0.15) is 17.7 Å². The van der Waals surface area contributed by atoms with E-state index in [1.807, 2.05) is 12.1 Å². The lowest BCUT2D eigenvalue weighted by Crippen LogP contribution is -2.17. The van der Waals surface area contributed by atoms with Crippen molar-refractivity contribution in [2.45, 2.75) is 19.1 Å². The van der Waals surface area contributed by atoms with Crippen LogP contribution in [0.2, 0.25) is 0 Å². The van der Waals surface area contributed by atoms with Gasteiger partial charge in [-0.2, -0.15) is 0 Å². The quantitative estimate of drug-likeness (QED) is 0.794. The number of hydrogen-bond donors (Lipinski definition) is 1. The molecule has 1 atom stereocenters. The minimum absolute atomic E-state index is 0.180. The van der Waals surface area contributed by atoms with E-state index in [0.29, 0.717) is 23.9 Å². The first-order valence-corrected chi connectivity index (χ1v) is 5.61. The first kappa shape index (κ1) is 11.4. The van der Waals surface area contributed by atoms with Gasteiger partial charge in [-0.15, -0.1) is 0 Å². The second kappa shape index (κ2) is 5.34. The molecular weight excluding hydrogens is 224 g/mol. The minimum Gasteiger partial charge on any atom is -0.388 e. The van der Waals surface area contributed by atoms with Crippen LogP contribution in [0.25, 0.3) is 0 Å². The molecule has 1 aromatic rings. The van der Waals surface area contributed by atoms with Crippen molar-refractivity contribution in [2.24, 2.45) is 5.73 Å². The third-order valence-corrected chi connectivity index (χ3v) is 2.68. The van der Waals surface area contributed by atoms with Gasteiger partial charge in [0.2, 0.25) is 0 Å². The second-order valence-corrected chi connectivity index (χ2v) is 4.11. The highest BCUT2D eigenvalue weighted by atomic mass is 32.1. The molecule has 2 heterocycles.